The van der Waals surface area contributed by atoms with Crippen molar-refractivity contribution >= 4 is 34.4 Å². The SMILES string of the molecule is CCCCC(=O)N(C1CCCCCC1)C1CC(C(=O)NCCO)=CC(Oc2c(I)cc(CO)cc2OC)C1O. The van der Waals surface area contributed by atoms with Gasteiger partial charge in [-0.1, -0.05) is 39.0 Å². The van der Waals surface area contributed by atoms with E-state index in [1.165, 1.54) is 7.11 Å². The minimum absolute atomic E-state index is 0.00280. The van der Waals surface area contributed by atoms with Crippen LogP contribution in [0.15, 0.2) is 23.8 Å². The van der Waals surface area contributed by atoms with Crippen molar-refractivity contribution in [2.45, 2.75) is 102 Å². The summed E-state index contributed by atoms with van der Waals surface area (Å²) in [6.07, 6.45) is 7.91. The fraction of sp³-hybridized carbons (Fsp3) is 0.655. The average molecular weight is 659 g/mol. The van der Waals surface area contributed by atoms with E-state index in [0.717, 1.165) is 51.4 Å². The Balaban J connectivity index is 2.02. The van der Waals surface area contributed by atoms with Crippen molar-refractivity contribution in [3.63, 3.8) is 0 Å². The first kappa shape index (κ1) is 31.6. The topological polar surface area (TPSA) is 129 Å². The van der Waals surface area contributed by atoms with E-state index in [4.69, 9.17) is 9.47 Å². The van der Waals surface area contributed by atoms with Gasteiger partial charge in [-0.25, -0.2) is 0 Å². The lowest BCUT2D eigenvalue weighted by Gasteiger charge is -2.44. The summed E-state index contributed by atoms with van der Waals surface area (Å²) >= 11 is 2.09. The van der Waals surface area contributed by atoms with E-state index < -0.39 is 18.2 Å². The van der Waals surface area contributed by atoms with Crippen LogP contribution in [0.5, 0.6) is 11.5 Å². The van der Waals surface area contributed by atoms with Crippen LogP contribution in [-0.2, 0) is 16.2 Å². The minimum atomic E-state index is -1.08. The molecule has 1 saturated carbocycles. The van der Waals surface area contributed by atoms with Crippen LogP contribution in [0, 0.1) is 3.57 Å². The molecule has 2 aliphatic rings. The number of aliphatic hydroxyl groups is 3. The number of unbranched alkanes of at least 4 members (excludes halogenated alkanes) is 1. The number of ether oxygens (including phenoxy) is 2. The van der Waals surface area contributed by atoms with Gasteiger partial charge in [0.25, 0.3) is 0 Å². The van der Waals surface area contributed by atoms with Gasteiger partial charge in [-0.05, 0) is 65.6 Å². The van der Waals surface area contributed by atoms with Crippen LogP contribution in [0.2, 0.25) is 0 Å². The molecule has 0 spiro atoms. The minimum Gasteiger partial charge on any atom is -0.493 e. The molecule has 0 heterocycles. The molecule has 1 fully saturated rings. The summed E-state index contributed by atoms with van der Waals surface area (Å²) in [6.45, 7) is 1.80. The lowest BCUT2D eigenvalue weighted by Crippen LogP contribution is -2.58. The summed E-state index contributed by atoms with van der Waals surface area (Å²) in [5.74, 6) is 0.445. The monoisotopic (exact) mass is 658 g/mol. The second-order valence-electron chi connectivity index (χ2n) is 10.3. The predicted molar refractivity (Wildman–Crippen MR) is 157 cm³/mol. The Bertz CT molecular complexity index is 994. The smallest absolute Gasteiger partial charge is 0.247 e. The first-order valence-corrected chi connectivity index (χ1v) is 15.1. The number of nitrogens with zero attached hydrogens (tertiary/aromatic N) is 1. The van der Waals surface area contributed by atoms with Gasteiger partial charge in [0.15, 0.2) is 11.5 Å². The normalized spacial score (nSPS) is 22.0. The first-order chi connectivity index (χ1) is 18.8. The molecule has 3 atom stereocenters. The van der Waals surface area contributed by atoms with Crippen LogP contribution in [-0.4, -0.2) is 76.6 Å². The largest absolute Gasteiger partial charge is 0.493 e. The molecule has 0 radical (unpaired) electrons. The van der Waals surface area contributed by atoms with Crippen molar-refractivity contribution in [3.8, 4) is 11.5 Å². The van der Waals surface area contributed by atoms with Gasteiger partial charge in [-0.15, -0.1) is 0 Å². The molecule has 9 nitrogen and oxygen atoms in total. The zero-order chi connectivity index (χ0) is 28.4. The van der Waals surface area contributed by atoms with Crippen molar-refractivity contribution in [3.05, 3.63) is 32.9 Å². The number of nitrogens with one attached hydrogen (secondary N) is 1. The molecule has 2 aliphatic carbocycles. The van der Waals surface area contributed by atoms with Crippen LogP contribution in [0.25, 0.3) is 0 Å². The number of carbonyl (C=O) groups excluding carboxylic acids is 2. The van der Waals surface area contributed by atoms with Crippen LogP contribution in [0.1, 0.15) is 76.7 Å². The average Bonchev–Trinajstić information content (AvgIpc) is 3.22. The maximum atomic E-state index is 13.7. The summed E-state index contributed by atoms with van der Waals surface area (Å²) in [5, 5.41) is 33.3. The number of benzene rings is 1. The van der Waals surface area contributed by atoms with Crippen molar-refractivity contribution in [1.82, 2.24) is 10.2 Å². The summed E-state index contributed by atoms with van der Waals surface area (Å²) < 4.78 is 12.6. The summed E-state index contributed by atoms with van der Waals surface area (Å²) in [4.78, 5) is 28.6. The molecule has 3 unspecified atom stereocenters. The van der Waals surface area contributed by atoms with Gasteiger partial charge in [0.05, 0.1) is 29.9 Å². The van der Waals surface area contributed by atoms with Crippen molar-refractivity contribution < 1.29 is 34.4 Å². The molecule has 0 bridgehead atoms. The van der Waals surface area contributed by atoms with Gasteiger partial charge in [-0.3, -0.25) is 9.59 Å². The fourth-order valence-corrected chi connectivity index (χ4v) is 6.31. The molecule has 1 aromatic rings. The van der Waals surface area contributed by atoms with Gasteiger partial charge in [0.1, 0.15) is 12.2 Å². The van der Waals surface area contributed by atoms with Gasteiger partial charge >= 0.3 is 0 Å². The maximum absolute atomic E-state index is 13.7. The number of carbonyl (C=O) groups is 2. The van der Waals surface area contributed by atoms with Crippen molar-refractivity contribution in [2.75, 3.05) is 20.3 Å². The second-order valence-corrected chi connectivity index (χ2v) is 11.5. The second kappa shape index (κ2) is 15.8. The zero-order valence-corrected chi connectivity index (χ0v) is 25.2. The summed E-state index contributed by atoms with van der Waals surface area (Å²) in [5.41, 5.74) is 1.07. The first-order valence-electron chi connectivity index (χ1n) is 14.1. The molecular weight excluding hydrogens is 615 g/mol. The molecule has 10 heteroatoms. The Morgan fingerprint density at radius 1 is 1.15 bits per heavy atom. The Morgan fingerprint density at radius 3 is 2.49 bits per heavy atom. The van der Waals surface area contributed by atoms with Gasteiger partial charge in [-0.2, -0.15) is 0 Å². The number of hydrogen-bond donors (Lipinski definition) is 4. The highest BCUT2D eigenvalue weighted by Crippen LogP contribution is 2.38. The van der Waals surface area contributed by atoms with Gasteiger partial charge in [0.2, 0.25) is 11.8 Å². The third kappa shape index (κ3) is 8.31. The molecule has 2 amide bonds. The van der Waals surface area contributed by atoms with E-state index in [1.54, 1.807) is 18.2 Å². The molecular formula is C29H43IN2O7. The highest BCUT2D eigenvalue weighted by atomic mass is 127. The fourth-order valence-electron chi connectivity index (χ4n) is 5.52. The highest BCUT2D eigenvalue weighted by Gasteiger charge is 2.43. The third-order valence-corrected chi connectivity index (χ3v) is 8.35. The summed E-state index contributed by atoms with van der Waals surface area (Å²) in [7, 11) is 1.50. The Hall–Kier alpha value is -1.89. The van der Waals surface area contributed by atoms with E-state index in [-0.39, 0.29) is 44.0 Å². The molecule has 39 heavy (non-hydrogen) atoms. The lowest BCUT2D eigenvalue weighted by molar-refractivity contribution is -0.142. The number of halogens is 1. The lowest BCUT2D eigenvalue weighted by atomic mass is 9.86. The van der Waals surface area contributed by atoms with E-state index in [9.17, 15) is 24.9 Å². The standard InChI is InChI=1S/C29H43IN2O7/c1-3-4-11-26(35)32(21-9-7-5-6-8-10-21)23-16-20(29(37)31-12-13-33)17-24(27(23)36)39-28-22(30)14-19(18-34)15-25(28)38-2/h14-15,17,21,23-24,27,33-34,36H,3-13,16,18H2,1-2H3,(H,31,37). The van der Waals surface area contributed by atoms with Crippen LogP contribution < -0.4 is 14.8 Å². The van der Waals surface area contributed by atoms with E-state index in [1.807, 2.05) is 11.8 Å². The van der Waals surface area contributed by atoms with Crippen LogP contribution >= 0.6 is 22.6 Å². The molecule has 4 N–H and O–H groups in total. The van der Waals surface area contributed by atoms with Crippen LogP contribution in [0.4, 0.5) is 0 Å². The summed E-state index contributed by atoms with van der Waals surface area (Å²) in [6, 6.07) is 2.81. The van der Waals surface area contributed by atoms with Crippen LogP contribution in [0.3, 0.4) is 0 Å². The molecule has 0 saturated heterocycles. The molecule has 0 aliphatic heterocycles. The zero-order valence-electron chi connectivity index (χ0n) is 23.0. The van der Waals surface area contributed by atoms with Gasteiger partial charge < -0.3 is 35.0 Å². The Morgan fingerprint density at radius 2 is 1.87 bits per heavy atom. The van der Waals surface area contributed by atoms with E-state index in [0.29, 0.717) is 32.6 Å². The molecule has 0 aromatic heterocycles. The van der Waals surface area contributed by atoms with Crippen molar-refractivity contribution in [2.24, 2.45) is 0 Å². The number of hydrogen-bond acceptors (Lipinski definition) is 7. The number of aliphatic hydroxyl groups excluding tert-OH is 3. The Labute approximate surface area is 245 Å². The number of methoxy groups -OCH3 is 1. The van der Waals surface area contributed by atoms with Gasteiger partial charge in [0, 0.05) is 31.0 Å². The number of rotatable bonds is 12. The predicted octanol–water partition coefficient (Wildman–Crippen LogP) is 3.45. The number of amides is 2. The maximum Gasteiger partial charge on any atom is 0.247 e. The molecule has 1 aromatic carbocycles. The Kier molecular flexibility index (Phi) is 12.8. The third-order valence-electron chi connectivity index (χ3n) is 7.55. The van der Waals surface area contributed by atoms with E-state index >= 15 is 0 Å². The molecule has 3 rings (SSSR count). The molecule has 218 valence electrons. The van der Waals surface area contributed by atoms with Crippen molar-refractivity contribution in [1.29, 1.82) is 0 Å². The quantitative estimate of drug-likeness (QED) is 0.200. The van der Waals surface area contributed by atoms with E-state index in [2.05, 4.69) is 27.9 Å². The highest BCUT2D eigenvalue weighted by molar-refractivity contribution is 14.1.